The van der Waals surface area contributed by atoms with Gasteiger partial charge in [0.25, 0.3) is 0 Å². The van der Waals surface area contributed by atoms with E-state index in [4.69, 9.17) is 33.2 Å². The molecule has 15 nitrogen and oxygen atoms in total. The third-order valence-corrected chi connectivity index (χ3v) is 13.5. The average molecular weight is 869 g/mol. The number of aliphatic hydroxyl groups is 4. The maximum absolute atomic E-state index is 14.0. The van der Waals surface area contributed by atoms with Gasteiger partial charge in [0.2, 0.25) is 0 Å². The maximum atomic E-state index is 14.0. The van der Waals surface area contributed by atoms with Gasteiger partial charge in [0.05, 0.1) is 49.6 Å². The number of methoxy groups -OCH3 is 2. The summed E-state index contributed by atoms with van der Waals surface area (Å²) in [5.74, 6) is -1.46. The van der Waals surface area contributed by atoms with Crippen molar-refractivity contribution in [1.29, 1.82) is 0 Å². The Bertz CT molecular complexity index is 1420. The van der Waals surface area contributed by atoms with Crippen molar-refractivity contribution in [3.05, 3.63) is 23.8 Å². The lowest BCUT2D eigenvalue weighted by molar-refractivity contribution is -0.304. The number of cyclic esters (lactones) is 1. The number of piperidine rings is 1. The van der Waals surface area contributed by atoms with E-state index in [9.17, 15) is 30.0 Å². The summed E-state index contributed by atoms with van der Waals surface area (Å²) in [4.78, 5) is 32.1. The van der Waals surface area contributed by atoms with E-state index >= 15 is 0 Å². The minimum Gasteiger partial charge on any atom is -0.462 e. The Labute approximate surface area is 365 Å². The number of aliphatic hydroxyl groups excluding tert-OH is 4. The summed E-state index contributed by atoms with van der Waals surface area (Å²) in [5.41, 5.74) is 0.761. The third-order valence-electron chi connectivity index (χ3n) is 13.5. The molecule has 3 saturated heterocycles. The number of ether oxygens (including phenoxy) is 7. The molecule has 4 N–H and O–H groups in total. The second-order valence-corrected chi connectivity index (χ2v) is 18.9. The van der Waals surface area contributed by atoms with Crippen molar-refractivity contribution >= 4 is 11.8 Å². The van der Waals surface area contributed by atoms with Crippen LogP contribution in [0, 0.1) is 35.5 Å². The first kappa shape index (κ1) is 51.8. The van der Waals surface area contributed by atoms with E-state index in [1.807, 2.05) is 33.8 Å². The summed E-state index contributed by atoms with van der Waals surface area (Å²) >= 11 is 0. The molecule has 19 atom stereocenters. The second-order valence-electron chi connectivity index (χ2n) is 18.9. The Morgan fingerprint density at radius 2 is 1.44 bits per heavy atom. The van der Waals surface area contributed by atoms with E-state index in [-0.39, 0.29) is 24.7 Å². The second kappa shape index (κ2) is 23.9. The van der Waals surface area contributed by atoms with Crippen molar-refractivity contribution in [1.82, 2.24) is 9.80 Å². The Balaban J connectivity index is 1.68. The zero-order chi connectivity index (χ0) is 45.3. The number of carbonyl (C=O) groups is 2. The molecule has 1 unspecified atom stereocenters. The molecular formula is C46H80N2O13. The number of allylic oxidation sites excluding steroid dienone is 3. The van der Waals surface area contributed by atoms with Crippen molar-refractivity contribution in [2.24, 2.45) is 35.5 Å². The van der Waals surface area contributed by atoms with E-state index in [0.29, 0.717) is 31.1 Å². The molecule has 61 heavy (non-hydrogen) atoms. The minimum atomic E-state index is -1.23. The number of nitrogens with zero attached hydrogens (tertiary/aromatic N) is 2. The molecule has 3 fully saturated rings. The van der Waals surface area contributed by atoms with Crippen LogP contribution in [0.2, 0.25) is 0 Å². The number of likely N-dealkylation sites (N-methyl/N-ethyl adjacent to an activating group) is 1. The average Bonchev–Trinajstić information content (AvgIpc) is 3.19. The zero-order valence-electron chi connectivity index (χ0n) is 38.9. The van der Waals surface area contributed by atoms with Gasteiger partial charge in [-0.1, -0.05) is 52.3 Å². The molecule has 15 heteroatoms. The van der Waals surface area contributed by atoms with E-state index in [0.717, 1.165) is 25.2 Å². The molecule has 0 spiro atoms. The fraction of sp³-hybridized carbons (Fsp3) is 0.870. The number of rotatable bonds is 12. The lowest BCUT2D eigenvalue weighted by atomic mass is 9.79. The molecule has 0 aromatic carbocycles. The Hall–Kier alpha value is -1.86. The van der Waals surface area contributed by atoms with Gasteiger partial charge in [0.1, 0.15) is 30.5 Å². The summed E-state index contributed by atoms with van der Waals surface area (Å²) in [7, 11) is 6.54. The largest absolute Gasteiger partial charge is 0.462 e. The number of hydrogen-bond acceptors (Lipinski definition) is 15. The van der Waals surface area contributed by atoms with Crippen LogP contribution in [0.3, 0.4) is 0 Å². The van der Waals surface area contributed by atoms with E-state index < -0.39 is 103 Å². The van der Waals surface area contributed by atoms with Gasteiger partial charge in [-0.3, -0.25) is 9.59 Å². The fourth-order valence-corrected chi connectivity index (χ4v) is 10.0. The molecule has 4 aliphatic heterocycles. The topological polar surface area (TPSA) is 186 Å². The number of likely N-dealkylation sites (tertiary alicyclic amines) is 1. The van der Waals surface area contributed by atoms with E-state index in [1.165, 1.54) is 20.6 Å². The molecule has 0 radical (unpaired) electrons. The monoisotopic (exact) mass is 869 g/mol. The van der Waals surface area contributed by atoms with Crippen molar-refractivity contribution in [3.63, 3.8) is 0 Å². The van der Waals surface area contributed by atoms with Crippen LogP contribution in [0.25, 0.3) is 0 Å². The highest BCUT2D eigenvalue weighted by atomic mass is 16.7. The quantitative estimate of drug-likeness (QED) is 0.209. The van der Waals surface area contributed by atoms with Gasteiger partial charge in [-0.25, -0.2) is 0 Å². The van der Waals surface area contributed by atoms with Gasteiger partial charge in [-0.15, -0.1) is 0 Å². The Kier molecular flexibility index (Phi) is 20.3. The van der Waals surface area contributed by atoms with Crippen LogP contribution in [-0.2, 0) is 42.7 Å². The molecule has 4 aliphatic rings. The lowest BCUT2D eigenvalue weighted by Gasteiger charge is -2.47. The molecule has 4 heterocycles. The highest BCUT2D eigenvalue weighted by Gasteiger charge is 2.48. The molecule has 0 aromatic heterocycles. The molecule has 0 amide bonds. The number of ketones is 1. The highest BCUT2D eigenvalue weighted by molar-refractivity contribution is 5.91. The van der Waals surface area contributed by atoms with Gasteiger partial charge in [0.15, 0.2) is 18.4 Å². The molecule has 352 valence electrons. The van der Waals surface area contributed by atoms with Crippen LogP contribution in [0.15, 0.2) is 23.8 Å². The normalized spacial score (nSPS) is 44.3. The molecule has 0 saturated carbocycles. The Morgan fingerprint density at radius 1 is 0.820 bits per heavy atom. The summed E-state index contributed by atoms with van der Waals surface area (Å²) in [6.45, 7) is 18.2. The SMILES string of the molecule is CC[C@H]1OC(=O)C[C@@H](O)[C@H](C)[C@@H](OC2O[C@H](C)[C@@H](O)[C@H](N(C)C)[C@H]2O)[C@@H](CCN2C[C@H](C)C[C@H](C)C2)C[C@@H](C)C(=O)/C=C\C(C)=C\[C@@H]1CO[C@@H]1O[C@H](C)[C@@H](O)[C@@H](OC)[C@H]1OC. The minimum absolute atomic E-state index is 0.0427. The van der Waals surface area contributed by atoms with Gasteiger partial charge >= 0.3 is 5.97 Å². The number of esters is 1. The van der Waals surface area contributed by atoms with Crippen LogP contribution in [0.1, 0.15) is 87.5 Å². The molecule has 4 rings (SSSR count). The highest BCUT2D eigenvalue weighted by Crippen LogP contribution is 2.36. The van der Waals surface area contributed by atoms with Crippen LogP contribution in [0.4, 0.5) is 0 Å². The van der Waals surface area contributed by atoms with E-state index in [1.54, 1.807) is 45.0 Å². The molecular weight excluding hydrogens is 789 g/mol. The summed E-state index contributed by atoms with van der Waals surface area (Å²) in [6.07, 6.45) is -2.96. The smallest absolute Gasteiger partial charge is 0.308 e. The van der Waals surface area contributed by atoms with Gasteiger partial charge < -0.3 is 63.4 Å². The predicted octanol–water partition coefficient (Wildman–Crippen LogP) is 3.34. The molecule has 0 aromatic rings. The number of carbonyl (C=O) groups excluding carboxylic acids is 2. The van der Waals surface area contributed by atoms with Crippen LogP contribution in [0.5, 0.6) is 0 Å². The van der Waals surface area contributed by atoms with E-state index in [2.05, 4.69) is 18.7 Å². The lowest BCUT2D eigenvalue weighted by Crippen LogP contribution is -2.63. The first-order valence-corrected chi connectivity index (χ1v) is 22.6. The van der Waals surface area contributed by atoms with Crippen LogP contribution >= 0.6 is 0 Å². The van der Waals surface area contributed by atoms with Crippen molar-refractivity contribution in [3.8, 4) is 0 Å². The van der Waals surface area contributed by atoms with Gasteiger partial charge in [-0.05, 0) is 90.9 Å². The maximum Gasteiger partial charge on any atom is 0.308 e. The van der Waals surface area contributed by atoms with Gasteiger partial charge in [-0.2, -0.15) is 0 Å². The first-order valence-electron chi connectivity index (χ1n) is 22.6. The standard InChI is InChI=1S/C46H80N2O13/c1-13-36-33(24-57-46-44(56-12)43(55-11)40(53)31(8)59-46)19-25(2)14-15-34(49)28(5)20-32(16-17-48-22-26(3)18-27(4)23-48)42(29(6)35(50)21-37(51)60-36)61-45-41(54)38(47(9)10)39(52)30(7)58-45/h14-15,19,26-33,35-36,38-46,50,52-54H,13,16-18,20-24H2,1-12H3/b15-14-,25-19+/t26-,27+,28-,29+,30-,31-,32+,33-,35-,36-,38+,39-,40-,41-,42-,43-,44-,45?,46-/m1/s1. The van der Waals surface area contributed by atoms with Crippen LogP contribution < -0.4 is 0 Å². The van der Waals surface area contributed by atoms with Gasteiger partial charge in [0, 0.05) is 45.1 Å². The number of hydrogen-bond donors (Lipinski definition) is 4. The summed E-state index contributed by atoms with van der Waals surface area (Å²) < 4.78 is 42.6. The molecule has 0 aliphatic carbocycles. The summed E-state index contributed by atoms with van der Waals surface area (Å²) in [6, 6.07) is -0.684. The fourth-order valence-electron chi connectivity index (χ4n) is 10.0. The zero-order valence-corrected chi connectivity index (χ0v) is 38.9. The van der Waals surface area contributed by atoms with Crippen molar-refractivity contribution in [2.45, 2.75) is 167 Å². The first-order chi connectivity index (χ1) is 28.8. The van der Waals surface area contributed by atoms with Crippen molar-refractivity contribution in [2.75, 3.05) is 54.6 Å². The predicted molar refractivity (Wildman–Crippen MR) is 229 cm³/mol. The molecule has 0 bridgehead atoms. The third kappa shape index (κ3) is 13.8. The summed E-state index contributed by atoms with van der Waals surface area (Å²) in [5, 5.41) is 45.3. The Morgan fingerprint density at radius 3 is 2.05 bits per heavy atom. The van der Waals surface area contributed by atoms with Crippen molar-refractivity contribution < 1.29 is 63.2 Å². The van der Waals surface area contributed by atoms with Crippen LogP contribution in [-0.4, -0.2) is 176 Å².